The van der Waals surface area contributed by atoms with E-state index < -0.39 is 35.8 Å². The van der Waals surface area contributed by atoms with Crippen molar-refractivity contribution < 1.29 is 60.6 Å². The van der Waals surface area contributed by atoms with Crippen LogP contribution in [0.5, 0.6) is 5.75 Å². The predicted molar refractivity (Wildman–Crippen MR) is 61.5 cm³/mol. The molecule has 10 heteroatoms. The number of phenols is 1. The predicted octanol–water partition coefficient (Wildman–Crippen LogP) is -2.64. The monoisotopic (exact) mass is 325 g/mol. The van der Waals surface area contributed by atoms with Crippen molar-refractivity contribution in [1.82, 2.24) is 0 Å². The van der Waals surface area contributed by atoms with E-state index in [4.69, 9.17) is 0 Å². The van der Waals surface area contributed by atoms with E-state index in [9.17, 15) is 31.0 Å². The first kappa shape index (κ1) is 17.4. The van der Waals surface area contributed by atoms with E-state index in [1.807, 2.05) is 0 Å². The molecule has 0 amide bonds. The van der Waals surface area contributed by atoms with E-state index in [-0.39, 0.29) is 40.3 Å². The molecule has 2 rings (SSSR count). The number of benzene rings is 2. The van der Waals surface area contributed by atoms with E-state index in [1.165, 1.54) is 6.07 Å². The molecule has 0 radical (unpaired) electrons. The van der Waals surface area contributed by atoms with Gasteiger partial charge < -0.3 is 14.2 Å². The Kier molecular flexibility index (Phi) is 4.87. The summed E-state index contributed by atoms with van der Waals surface area (Å²) in [5, 5.41) is 9.75. The Morgan fingerprint density at radius 2 is 1.45 bits per heavy atom. The topological polar surface area (TPSA) is 135 Å². The van der Waals surface area contributed by atoms with Crippen LogP contribution in [0.2, 0.25) is 0 Å². The molecule has 0 spiro atoms. The fraction of sp³-hybridized carbons (Fsp3) is 0. The zero-order valence-corrected chi connectivity index (χ0v) is 13.7. The standard InChI is InChI=1S/C10H8O7S2.Na/c11-9-4-6-1-2-8(18(12,13)14)3-7(6)5-10(9)19(15,16)17;/h1-5,11H,(H,12,13,14)(H,15,16,17);/q;+1/p-2. The van der Waals surface area contributed by atoms with Crippen molar-refractivity contribution in [2.45, 2.75) is 9.79 Å². The zero-order valence-electron chi connectivity index (χ0n) is 10.1. The molecule has 0 unspecified atom stereocenters. The first-order valence-corrected chi connectivity index (χ1v) is 7.59. The van der Waals surface area contributed by atoms with Crippen LogP contribution in [0.4, 0.5) is 0 Å². The van der Waals surface area contributed by atoms with Crippen LogP contribution in [0.1, 0.15) is 0 Å². The van der Waals surface area contributed by atoms with Gasteiger partial charge in [-0.1, -0.05) is 6.07 Å². The normalized spacial score (nSPS) is 12.1. The Labute approximate surface area is 137 Å². The molecule has 0 saturated carbocycles. The van der Waals surface area contributed by atoms with Gasteiger partial charge in [0.15, 0.2) is 0 Å². The van der Waals surface area contributed by atoms with Crippen LogP contribution in [0.25, 0.3) is 10.8 Å². The molecule has 0 aliphatic heterocycles. The summed E-state index contributed by atoms with van der Waals surface area (Å²) < 4.78 is 65.2. The van der Waals surface area contributed by atoms with Crippen LogP contribution in [0.15, 0.2) is 40.1 Å². The SMILES string of the molecule is O=S(=O)([O-])c1ccc2cc(O)c(S(=O)(=O)[O-])cc2c1.[Na+]. The first-order valence-electron chi connectivity index (χ1n) is 4.77. The summed E-state index contributed by atoms with van der Waals surface area (Å²) in [5.41, 5.74) is 0. The number of aromatic hydroxyl groups is 1. The van der Waals surface area contributed by atoms with E-state index in [0.29, 0.717) is 0 Å². The second kappa shape index (κ2) is 5.60. The quantitative estimate of drug-likeness (QED) is 0.471. The van der Waals surface area contributed by atoms with Gasteiger partial charge >= 0.3 is 29.6 Å². The third-order valence-electron chi connectivity index (χ3n) is 2.45. The van der Waals surface area contributed by atoms with Crippen molar-refractivity contribution in [1.29, 1.82) is 0 Å². The summed E-state index contributed by atoms with van der Waals surface area (Å²) in [7, 11) is -9.59. The molecular weight excluding hydrogens is 319 g/mol. The van der Waals surface area contributed by atoms with Crippen molar-refractivity contribution >= 4 is 31.0 Å². The third kappa shape index (κ3) is 3.50. The summed E-state index contributed by atoms with van der Waals surface area (Å²) in [6, 6.07) is 5.01. The van der Waals surface area contributed by atoms with E-state index in [2.05, 4.69) is 0 Å². The minimum absolute atomic E-state index is 0. The van der Waals surface area contributed by atoms with Gasteiger partial charge in [0.25, 0.3) is 0 Å². The van der Waals surface area contributed by atoms with Gasteiger partial charge in [-0.15, -0.1) is 0 Å². The van der Waals surface area contributed by atoms with Crippen LogP contribution < -0.4 is 29.6 Å². The Morgan fingerprint density at radius 3 is 1.95 bits per heavy atom. The molecule has 1 N–H and O–H groups in total. The summed E-state index contributed by atoms with van der Waals surface area (Å²) in [6.07, 6.45) is 0. The van der Waals surface area contributed by atoms with Gasteiger partial charge in [-0.2, -0.15) is 0 Å². The van der Waals surface area contributed by atoms with Crippen molar-refractivity contribution in [3.05, 3.63) is 30.3 Å². The van der Waals surface area contributed by atoms with Gasteiger partial charge in [-0.3, -0.25) is 0 Å². The molecule has 0 aliphatic rings. The third-order valence-corrected chi connectivity index (χ3v) is 4.14. The van der Waals surface area contributed by atoms with Crippen LogP contribution in [-0.2, 0) is 20.2 Å². The molecule has 0 fully saturated rings. The number of phenolic OH excluding ortho intramolecular Hbond substituents is 1. The average Bonchev–Trinajstić information content (AvgIpc) is 2.24. The molecule has 2 aromatic carbocycles. The Hall–Kier alpha value is -0.680. The van der Waals surface area contributed by atoms with Crippen molar-refractivity contribution in [2.24, 2.45) is 0 Å². The van der Waals surface area contributed by atoms with Gasteiger partial charge in [0.05, 0.1) is 9.79 Å². The Balaban J connectivity index is 0.00000200. The number of hydrogen-bond acceptors (Lipinski definition) is 7. The summed E-state index contributed by atoms with van der Waals surface area (Å²) in [5.74, 6) is -0.736. The fourth-order valence-electron chi connectivity index (χ4n) is 1.60. The molecule has 2 aromatic rings. The van der Waals surface area contributed by atoms with Gasteiger partial charge in [-0.25, -0.2) is 16.8 Å². The van der Waals surface area contributed by atoms with Gasteiger partial charge in [0.1, 0.15) is 26.0 Å². The maximum Gasteiger partial charge on any atom is 1.00 e. The van der Waals surface area contributed by atoms with E-state index in [1.54, 1.807) is 0 Å². The van der Waals surface area contributed by atoms with E-state index >= 15 is 0 Å². The number of fused-ring (bicyclic) bond motifs is 1. The molecule has 0 saturated heterocycles. The second-order valence-electron chi connectivity index (χ2n) is 3.74. The largest absolute Gasteiger partial charge is 1.00 e. The second-order valence-corrected chi connectivity index (χ2v) is 6.46. The molecular formula is C10H6NaO7S2-. The zero-order chi connectivity index (χ0) is 14.4. The smallest absolute Gasteiger partial charge is 0.744 e. The molecule has 0 bridgehead atoms. The van der Waals surface area contributed by atoms with Gasteiger partial charge in [0.2, 0.25) is 0 Å². The first-order chi connectivity index (χ1) is 8.59. The minimum atomic E-state index is -4.90. The minimum Gasteiger partial charge on any atom is -0.744 e. The Morgan fingerprint density at radius 1 is 0.850 bits per heavy atom. The maximum atomic E-state index is 10.9. The summed E-state index contributed by atoms with van der Waals surface area (Å²) in [4.78, 5) is -1.43. The summed E-state index contributed by atoms with van der Waals surface area (Å²) in [6.45, 7) is 0. The van der Waals surface area contributed by atoms with Gasteiger partial charge in [-0.05, 0) is 35.0 Å². The molecule has 20 heavy (non-hydrogen) atoms. The fourth-order valence-corrected chi connectivity index (χ4v) is 2.69. The van der Waals surface area contributed by atoms with Crippen LogP contribution in [-0.4, -0.2) is 31.0 Å². The molecule has 0 aromatic heterocycles. The van der Waals surface area contributed by atoms with Gasteiger partial charge in [0, 0.05) is 0 Å². The maximum absolute atomic E-state index is 10.9. The summed E-state index contributed by atoms with van der Waals surface area (Å²) >= 11 is 0. The van der Waals surface area contributed by atoms with Crippen molar-refractivity contribution in [2.75, 3.05) is 0 Å². The van der Waals surface area contributed by atoms with Crippen LogP contribution >= 0.6 is 0 Å². The number of hydrogen-bond donors (Lipinski definition) is 1. The molecule has 102 valence electrons. The van der Waals surface area contributed by atoms with Crippen LogP contribution in [0, 0.1) is 0 Å². The number of rotatable bonds is 2. The van der Waals surface area contributed by atoms with Crippen molar-refractivity contribution in [3.63, 3.8) is 0 Å². The average molecular weight is 325 g/mol. The molecule has 7 nitrogen and oxygen atoms in total. The van der Waals surface area contributed by atoms with Crippen molar-refractivity contribution in [3.8, 4) is 5.75 Å². The van der Waals surface area contributed by atoms with Crippen LogP contribution in [0.3, 0.4) is 0 Å². The molecule has 0 aliphatic carbocycles. The molecule has 0 atom stereocenters. The molecule has 0 heterocycles. The Bertz CT molecular complexity index is 872. The van der Waals surface area contributed by atoms with E-state index in [0.717, 1.165) is 24.3 Å².